The third kappa shape index (κ3) is 12.0. The Kier molecular flexibility index (Phi) is 15.2. The molecule has 0 unspecified atom stereocenters. The van der Waals surface area contributed by atoms with E-state index in [-0.39, 0.29) is 5.46 Å². The number of alkyl halides is 6. The number of fused-ring (bicyclic) bond motifs is 2. The Morgan fingerprint density at radius 3 is 1.41 bits per heavy atom. The maximum absolute atomic E-state index is 12.8. The lowest BCUT2D eigenvalue weighted by Crippen LogP contribution is -2.46. The van der Waals surface area contributed by atoms with Crippen LogP contribution in [0.5, 0.6) is 0 Å². The van der Waals surface area contributed by atoms with Crippen molar-refractivity contribution < 1.29 is 45.2 Å². The molecule has 4 fully saturated rings. The maximum atomic E-state index is 12.8. The lowest BCUT2D eigenvalue weighted by molar-refractivity contribution is -0.138. The van der Waals surface area contributed by atoms with Crippen LogP contribution in [0.4, 0.5) is 38.4 Å². The number of likely N-dealkylation sites (tertiary alicyclic amines) is 2. The van der Waals surface area contributed by atoms with Crippen molar-refractivity contribution in [1.29, 1.82) is 0 Å². The van der Waals surface area contributed by atoms with E-state index >= 15 is 0 Å². The molecule has 2 N–H and O–H groups in total. The lowest BCUT2D eigenvalue weighted by Gasteiger charge is -2.39. The van der Waals surface area contributed by atoms with Crippen molar-refractivity contribution in [3.63, 3.8) is 0 Å². The van der Waals surface area contributed by atoms with Gasteiger partial charge in [-0.05, 0) is 123 Å². The van der Waals surface area contributed by atoms with E-state index in [0.717, 1.165) is 97.5 Å². The van der Waals surface area contributed by atoms with Gasteiger partial charge in [0.25, 0.3) is 12.0 Å². The van der Waals surface area contributed by atoms with E-state index in [1.54, 1.807) is 18.5 Å². The van der Waals surface area contributed by atoms with Crippen molar-refractivity contribution in [2.75, 3.05) is 62.2 Å². The summed E-state index contributed by atoms with van der Waals surface area (Å²) >= 11 is 3.42. The summed E-state index contributed by atoms with van der Waals surface area (Å²) in [6, 6.07) is 15.1. The van der Waals surface area contributed by atoms with Crippen LogP contribution in [0.1, 0.15) is 75.3 Å². The fraction of sp³-hybridized carbons (Fsp3) is 0.478. The van der Waals surface area contributed by atoms with Gasteiger partial charge in [-0.25, -0.2) is 9.97 Å². The maximum Gasteiger partial charge on any atom is 0.488 e. The van der Waals surface area contributed by atoms with Crippen LogP contribution >= 0.6 is 15.9 Å². The molecular weight excluding hydrogens is 933 g/mol. The lowest BCUT2D eigenvalue weighted by atomic mass is 9.80. The number of nitrogens with zero attached hydrogens (tertiary/aromatic N) is 8. The molecule has 8 heterocycles. The van der Waals surface area contributed by atoms with E-state index in [0.29, 0.717) is 40.1 Å². The molecule has 4 aliphatic heterocycles. The Morgan fingerprint density at radius 2 is 0.970 bits per heavy atom. The average Bonchev–Trinajstić information content (AvgIpc) is 3.97. The summed E-state index contributed by atoms with van der Waals surface area (Å²) in [5, 5.41) is 17.2. The minimum atomic E-state index is -4.39. The quantitative estimate of drug-likeness (QED) is 0.122. The molecule has 10 rings (SSSR count). The normalized spacial score (nSPS) is 18.5. The summed E-state index contributed by atoms with van der Waals surface area (Å²) in [4.78, 5) is 27.5. The van der Waals surface area contributed by atoms with Gasteiger partial charge in [0.05, 0.1) is 11.1 Å². The van der Waals surface area contributed by atoms with Crippen molar-refractivity contribution >= 4 is 63.0 Å². The number of rotatable bonds is 6. The zero-order chi connectivity index (χ0) is 46.4. The number of aromatic nitrogens is 4. The predicted octanol–water partition coefficient (Wildman–Crippen LogP) is 9.19. The highest BCUT2D eigenvalue weighted by Gasteiger charge is 2.32. The molecule has 6 aromatic rings. The summed E-state index contributed by atoms with van der Waals surface area (Å²) in [6.07, 6.45) is 7.35. The molecule has 352 valence electrons. The zero-order valence-corrected chi connectivity index (χ0v) is 37.9. The Bertz CT molecular complexity index is 2480. The standard InChI is InChI=1S/C23H25F3N4O.C16H21BrN4O.C7H6BF3O2/c24-23(25,26)18-6-4-16(5-7-18)17-14-20-21(27-15-17)28-22(31-20)30-12-8-19(9-13-30)29-10-2-1-3-11-29;17-12-10-14-15(18-11-12)19-16(22-14)21-8-4-13(5-9-21)20-6-2-1-3-7-20;9-7(10,11)5-1-3-6(4-2-5)8(12)13/h4-7,14-15,19H,1-3,8-13H2;10-11,13H,1-9H2;1-4,12-13H. The first-order valence-electron chi connectivity index (χ1n) is 22.6. The molecule has 0 bridgehead atoms. The van der Waals surface area contributed by atoms with Gasteiger partial charge in [-0.2, -0.15) is 36.3 Å². The number of oxazole rings is 2. The molecule has 4 aromatic heterocycles. The van der Waals surface area contributed by atoms with Gasteiger partial charge in [-0.15, -0.1) is 0 Å². The smallest absolute Gasteiger partial charge is 0.423 e. The second-order valence-electron chi connectivity index (χ2n) is 17.2. The van der Waals surface area contributed by atoms with Crippen molar-refractivity contribution in [3.05, 3.63) is 88.7 Å². The van der Waals surface area contributed by atoms with Gasteiger partial charge in [-0.3, -0.25) is 0 Å². The van der Waals surface area contributed by atoms with E-state index in [9.17, 15) is 26.3 Å². The van der Waals surface area contributed by atoms with E-state index in [2.05, 4.69) is 55.5 Å². The first-order valence-corrected chi connectivity index (χ1v) is 23.3. The van der Waals surface area contributed by atoms with Crippen molar-refractivity contribution in [2.24, 2.45) is 0 Å². The molecule has 0 amide bonds. The molecule has 0 atom stereocenters. The average molecular weight is 986 g/mol. The summed E-state index contributed by atoms with van der Waals surface area (Å²) < 4.78 is 87.2. The van der Waals surface area contributed by atoms with Crippen LogP contribution in [0, 0.1) is 0 Å². The van der Waals surface area contributed by atoms with E-state index in [4.69, 9.17) is 18.9 Å². The molecule has 0 saturated carbocycles. The van der Waals surface area contributed by atoms with Crippen LogP contribution < -0.4 is 15.3 Å². The number of benzene rings is 2. The van der Waals surface area contributed by atoms with Crippen molar-refractivity contribution in [2.45, 2.75) is 88.6 Å². The van der Waals surface area contributed by atoms with Crippen LogP contribution in [0.25, 0.3) is 33.6 Å². The molecular formula is C46H52BBrF6N8O4. The van der Waals surface area contributed by atoms with Gasteiger partial charge in [0.15, 0.2) is 11.2 Å². The second-order valence-corrected chi connectivity index (χ2v) is 18.1. The number of halogens is 7. The number of hydrogen-bond acceptors (Lipinski definition) is 12. The molecule has 66 heavy (non-hydrogen) atoms. The largest absolute Gasteiger partial charge is 0.488 e. The van der Waals surface area contributed by atoms with Crippen LogP contribution in [0.3, 0.4) is 0 Å². The first kappa shape index (κ1) is 47.7. The van der Waals surface area contributed by atoms with Gasteiger partial charge in [0.2, 0.25) is 11.3 Å². The predicted molar refractivity (Wildman–Crippen MR) is 244 cm³/mol. The molecule has 2 aromatic carbocycles. The molecule has 0 aliphatic carbocycles. The number of hydrogen-bond donors (Lipinski definition) is 2. The van der Waals surface area contributed by atoms with Crippen LogP contribution in [-0.2, 0) is 12.4 Å². The van der Waals surface area contributed by atoms with Gasteiger partial charge in [-0.1, -0.05) is 49.2 Å². The highest BCUT2D eigenvalue weighted by Crippen LogP contribution is 2.34. The molecule has 0 radical (unpaired) electrons. The van der Waals surface area contributed by atoms with Crippen LogP contribution in [0.2, 0.25) is 0 Å². The van der Waals surface area contributed by atoms with Crippen LogP contribution in [0.15, 0.2) is 86.4 Å². The SMILES string of the molecule is Brc1cnc2nc(N3CCC(N4CCCCC4)CC3)oc2c1.FC(F)(F)c1ccc(-c2cnc3nc(N4CCC(N5CCCCC5)CC4)oc3c2)cc1.OB(O)c1ccc(C(F)(F)F)cc1. The minimum absolute atomic E-state index is 0.0352. The number of anilines is 2. The summed E-state index contributed by atoms with van der Waals surface area (Å²) in [6.45, 7) is 8.84. The molecule has 0 spiro atoms. The monoisotopic (exact) mass is 984 g/mol. The Balaban J connectivity index is 0.000000147. The Hall–Kier alpha value is -4.76. The van der Waals surface area contributed by atoms with Crippen molar-refractivity contribution in [1.82, 2.24) is 29.7 Å². The molecule has 12 nitrogen and oxygen atoms in total. The fourth-order valence-corrected chi connectivity index (χ4v) is 9.44. The summed E-state index contributed by atoms with van der Waals surface area (Å²) in [5.41, 5.74) is 2.42. The van der Waals surface area contributed by atoms with Gasteiger partial charge in [0, 0.05) is 66.8 Å². The van der Waals surface area contributed by atoms with Crippen LogP contribution in [-0.4, -0.2) is 111 Å². The van der Waals surface area contributed by atoms with E-state index in [1.807, 2.05) is 6.07 Å². The summed E-state index contributed by atoms with van der Waals surface area (Å²) in [7, 11) is -1.73. The Morgan fingerprint density at radius 1 is 0.545 bits per heavy atom. The van der Waals surface area contributed by atoms with Crippen molar-refractivity contribution in [3.8, 4) is 11.1 Å². The fourth-order valence-electron chi connectivity index (χ4n) is 9.13. The van der Waals surface area contributed by atoms with Gasteiger partial charge in [0.1, 0.15) is 0 Å². The Labute approximate surface area is 387 Å². The summed E-state index contributed by atoms with van der Waals surface area (Å²) in [5.74, 6) is 0. The van der Waals surface area contributed by atoms with E-state index in [1.165, 1.54) is 89.7 Å². The third-order valence-electron chi connectivity index (χ3n) is 12.8. The highest BCUT2D eigenvalue weighted by molar-refractivity contribution is 9.10. The number of piperidine rings is 4. The second kappa shape index (κ2) is 21.0. The number of pyridine rings is 2. The first-order chi connectivity index (χ1) is 31.7. The molecule has 4 aliphatic rings. The minimum Gasteiger partial charge on any atom is -0.423 e. The molecule has 20 heteroatoms. The zero-order valence-electron chi connectivity index (χ0n) is 36.3. The highest BCUT2D eigenvalue weighted by atomic mass is 79.9. The van der Waals surface area contributed by atoms with Gasteiger partial charge >= 0.3 is 19.5 Å². The molecule has 4 saturated heterocycles. The third-order valence-corrected chi connectivity index (χ3v) is 13.2. The topological polar surface area (TPSA) is 131 Å². The van der Waals surface area contributed by atoms with Gasteiger partial charge < -0.3 is 38.5 Å². The van der Waals surface area contributed by atoms with E-state index < -0.39 is 30.6 Å².